The van der Waals surface area contributed by atoms with Crippen LogP contribution in [0.1, 0.15) is 152 Å². The van der Waals surface area contributed by atoms with Crippen molar-refractivity contribution in [1.82, 2.24) is 0 Å². The summed E-state index contributed by atoms with van der Waals surface area (Å²) in [5.74, 6) is 2.73. The highest BCUT2D eigenvalue weighted by molar-refractivity contribution is 4.98. The van der Waals surface area contributed by atoms with Crippen LogP contribution in [0.3, 0.4) is 0 Å². The third-order valence-electron chi connectivity index (χ3n) is 12.5. The fourth-order valence-corrected chi connectivity index (χ4v) is 8.96. The molecular formula is C62H120O16. The van der Waals surface area contributed by atoms with Gasteiger partial charge in [0.1, 0.15) is 73.2 Å². The second-order valence-electron chi connectivity index (χ2n) is 27.2. The maximum atomic E-state index is 7.23. The zero-order chi connectivity index (χ0) is 58.2. The summed E-state index contributed by atoms with van der Waals surface area (Å²) in [7, 11) is 0. The summed E-state index contributed by atoms with van der Waals surface area (Å²) in [4.78, 5) is 0. The number of rotatable bonds is 40. The van der Waals surface area contributed by atoms with E-state index in [9.17, 15) is 0 Å². The Hall–Kier alpha value is -0.640. The van der Waals surface area contributed by atoms with Crippen molar-refractivity contribution in [2.24, 2.45) is 65.1 Å². The fraction of sp³-hybridized carbons (Fsp3) is 1.00. The fourth-order valence-electron chi connectivity index (χ4n) is 8.96. The highest BCUT2D eigenvalue weighted by atomic mass is 16.8. The Bertz CT molecular complexity index is 1490. The summed E-state index contributed by atoms with van der Waals surface area (Å²) < 4.78 is 110. The standard InChI is InChI=1S/C62H120O16/c1-37(2)23-63-34-48-51(64-24-38(3)4)54(67-27-41(9)10)58(71-31-45(17)18)61(76-48)74-36-50-53(66-26-40(7)8)56(69-29-43(13)14)59(72-32-46(19)20)62(78-50)75-35-49-52(65-25-39(5)6)55(68-28-42(11)12)57(70-30-44(15)16)60(77-49)73-33-47(21)22/h37-62H,23-36H2,1-22H3/t48-,49-,50-,51-,52-,53-,54+,55+,56+,57-,58-,59-,60+,61+,62+/m1/s1. The van der Waals surface area contributed by atoms with E-state index in [1.165, 1.54) is 0 Å². The molecule has 16 nitrogen and oxygen atoms in total. The van der Waals surface area contributed by atoms with Crippen LogP contribution in [0.25, 0.3) is 0 Å². The van der Waals surface area contributed by atoms with Gasteiger partial charge in [-0.05, 0) is 65.1 Å². The van der Waals surface area contributed by atoms with Crippen LogP contribution in [0.2, 0.25) is 0 Å². The van der Waals surface area contributed by atoms with Gasteiger partial charge in [-0.15, -0.1) is 0 Å². The summed E-state index contributed by atoms with van der Waals surface area (Å²) in [5.41, 5.74) is 0. The molecule has 0 N–H and O–H groups in total. The molecular weight excluding hydrogens is 1000 g/mol. The van der Waals surface area contributed by atoms with Crippen molar-refractivity contribution in [3.8, 4) is 0 Å². The van der Waals surface area contributed by atoms with Crippen molar-refractivity contribution >= 4 is 0 Å². The second-order valence-corrected chi connectivity index (χ2v) is 27.2. The molecule has 3 aliphatic heterocycles. The molecule has 3 heterocycles. The van der Waals surface area contributed by atoms with Crippen LogP contribution in [0, 0.1) is 65.1 Å². The molecule has 0 aromatic carbocycles. The van der Waals surface area contributed by atoms with E-state index < -0.39 is 92.1 Å². The van der Waals surface area contributed by atoms with Gasteiger partial charge in [0.2, 0.25) is 0 Å². The Morgan fingerprint density at radius 3 is 0.641 bits per heavy atom. The van der Waals surface area contributed by atoms with Crippen LogP contribution in [0.4, 0.5) is 0 Å². The minimum atomic E-state index is -0.962. The van der Waals surface area contributed by atoms with Crippen LogP contribution in [0.5, 0.6) is 0 Å². The van der Waals surface area contributed by atoms with E-state index in [0.717, 1.165) is 0 Å². The van der Waals surface area contributed by atoms with Gasteiger partial charge in [0.05, 0.1) is 26.4 Å². The normalized spacial score (nSPS) is 30.5. The van der Waals surface area contributed by atoms with Crippen molar-refractivity contribution in [3.63, 3.8) is 0 Å². The first kappa shape index (κ1) is 71.6. The van der Waals surface area contributed by atoms with Gasteiger partial charge in [0, 0.05) is 66.1 Å². The smallest absolute Gasteiger partial charge is 0.187 e. The SMILES string of the molecule is CC(C)COC[C@H]1O[C@H](OC[C@H]2O[C@H](OC[C@H]3O[C@H](OCC(C)C)[C@H](OCC(C)C)[C@@H](OCC(C)C)[C@@H]3OCC(C)C)[C@H](OCC(C)C)[C@@H](OCC(C)C)[C@@H]2OCC(C)C)[C@H](OCC(C)C)[C@@H](OCC(C)C)[C@@H]1OCC(C)C. The molecule has 15 atom stereocenters. The Morgan fingerprint density at radius 1 is 0.205 bits per heavy atom. The molecule has 0 aliphatic carbocycles. The first-order valence-corrected chi connectivity index (χ1v) is 30.7. The van der Waals surface area contributed by atoms with Gasteiger partial charge in [-0.1, -0.05) is 152 Å². The number of ether oxygens (including phenoxy) is 16. The van der Waals surface area contributed by atoms with Crippen molar-refractivity contribution in [1.29, 1.82) is 0 Å². The average molecular weight is 1120 g/mol. The molecule has 78 heavy (non-hydrogen) atoms. The molecule has 0 spiro atoms. The van der Waals surface area contributed by atoms with Crippen molar-refractivity contribution < 1.29 is 75.8 Å². The molecule has 0 saturated carbocycles. The molecule has 0 aromatic rings. The van der Waals surface area contributed by atoms with Gasteiger partial charge >= 0.3 is 0 Å². The van der Waals surface area contributed by atoms with Gasteiger partial charge in [0.15, 0.2) is 18.9 Å². The average Bonchev–Trinajstić information content (AvgIpc) is 3.34. The molecule has 3 saturated heterocycles. The summed E-state index contributed by atoms with van der Waals surface area (Å²) in [6.45, 7) is 52.7. The molecule has 0 unspecified atom stereocenters. The van der Waals surface area contributed by atoms with Gasteiger partial charge < -0.3 is 75.8 Å². The van der Waals surface area contributed by atoms with Crippen LogP contribution in [-0.4, -0.2) is 185 Å². The second kappa shape index (κ2) is 37.6. The van der Waals surface area contributed by atoms with Gasteiger partial charge in [-0.2, -0.15) is 0 Å². The summed E-state index contributed by atoms with van der Waals surface area (Å²) in [6.07, 6.45) is -9.75. The van der Waals surface area contributed by atoms with E-state index in [-0.39, 0.29) is 79.0 Å². The van der Waals surface area contributed by atoms with Crippen LogP contribution >= 0.6 is 0 Å². The van der Waals surface area contributed by atoms with E-state index in [1.807, 2.05) is 0 Å². The lowest BCUT2D eigenvalue weighted by Crippen LogP contribution is -2.65. The molecule has 16 heteroatoms. The number of hydrogen-bond donors (Lipinski definition) is 0. The lowest BCUT2D eigenvalue weighted by molar-refractivity contribution is -0.361. The molecule has 3 fully saturated rings. The van der Waals surface area contributed by atoms with Gasteiger partial charge in [-0.25, -0.2) is 0 Å². The van der Waals surface area contributed by atoms with Gasteiger partial charge in [-0.3, -0.25) is 0 Å². The minimum absolute atomic E-state index is 0.0341. The Balaban J connectivity index is 2.21. The maximum absolute atomic E-state index is 7.23. The molecule has 3 aliphatic rings. The van der Waals surface area contributed by atoms with Crippen LogP contribution < -0.4 is 0 Å². The molecule has 0 bridgehead atoms. The largest absolute Gasteiger partial charge is 0.378 e. The molecule has 0 radical (unpaired) electrons. The lowest BCUT2D eigenvalue weighted by Gasteiger charge is -2.49. The van der Waals surface area contributed by atoms with E-state index in [4.69, 9.17) is 75.8 Å². The van der Waals surface area contributed by atoms with E-state index in [0.29, 0.717) is 78.6 Å². The van der Waals surface area contributed by atoms with E-state index in [1.54, 1.807) is 0 Å². The quantitative estimate of drug-likeness (QED) is 0.0572. The highest BCUT2D eigenvalue weighted by Gasteiger charge is 2.54. The topological polar surface area (TPSA) is 148 Å². The van der Waals surface area contributed by atoms with Gasteiger partial charge in [0.25, 0.3) is 0 Å². The minimum Gasteiger partial charge on any atom is -0.378 e. The van der Waals surface area contributed by atoms with Crippen LogP contribution in [0.15, 0.2) is 0 Å². The number of hydrogen-bond acceptors (Lipinski definition) is 16. The van der Waals surface area contributed by atoms with E-state index in [2.05, 4.69) is 152 Å². The first-order chi connectivity index (χ1) is 36.8. The zero-order valence-electron chi connectivity index (χ0n) is 53.4. The van der Waals surface area contributed by atoms with Crippen molar-refractivity contribution in [2.75, 3.05) is 92.5 Å². The maximum Gasteiger partial charge on any atom is 0.187 e. The molecule has 3 rings (SSSR count). The molecule has 464 valence electrons. The lowest BCUT2D eigenvalue weighted by atomic mass is 9.96. The summed E-state index contributed by atoms with van der Waals surface area (Å²) >= 11 is 0. The summed E-state index contributed by atoms with van der Waals surface area (Å²) in [6, 6.07) is 0. The third kappa shape index (κ3) is 26.5. The predicted octanol–water partition coefficient (Wildman–Crippen LogP) is 10.9. The van der Waals surface area contributed by atoms with Crippen molar-refractivity contribution in [3.05, 3.63) is 0 Å². The van der Waals surface area contributed by atoms with Crippen LogP contribution in [-0.2, 0) is 75.8 Å². The highest BCUT2D eigenvalue weighted by Crippen LogP contribution is 2.36. The third-order valence-corrected chi connectivity index (χ3v) is 12.5. The Labute approximate surface area is 476 Å². The van der Waals surface area contributed by atoms with Crippen molar-refractivity contribution in [2.45, 2.75) is 244 Å². The summed E-state index contributed by atoms with van der Waals surface area (Å²) in [5, 5.41) is 0. The molecule has 0 amide bonds. The monoisotopic (exact) mass is 1120 g/mol. The Morgan fingerprint density at radius 2 is 0.397 bits per heavy atom. The predicted molar refractivity (Wildman–Crippen MR) is 306 cm³/mol. The molecule has 0 aromatic heterocycles. The van der Waals surface area contributed by atoms with E-state index >= 15 is 0 Å². The Kier molecular flexibility index (Phi) is 34.5. The zero-order valence-corrected chi connectivity index (χ0v) is 53.4. The first-order valence-electron chi connectivity index (χ1n) is 30.7.